The first-order valence-corrected chi connectivity index (χ1v) is 10.9. The highest BCUT2D eigenvalue weighted by Crippen LogP contribution is 2.33. The average molecular weight is 458 g/mol. The van der Waals surface area contributed by atoms with Crippen LogP contribution < -0.4 is 5.32 Å². The number of nitrogens with one attached hydrogen (secondary N) is 1. The number of fused-ring (bicyclic) bond motifs is 1. The average Bonchev–Trinajstić information content (AvgIpc) is 2.72. The van der Waals surface area contributed by atoms with Crippen LogP contribution in [0.25, 0.3) is 21.9 Å². The molecule has 0 saturated heterocycles. The number of carbonyl (C=O) groups is 2. The molecule has 0 spiro atoms. The van der Waals surface area contributed by atoms with Gasteiger partial charge in [0.15, 0.2) is 0 Å². The maximum absolute atomic E-state index is 13.0. The van der Waals surface area contributed by atoms with Crippen LogP contribution in [0.2, 0.25) is 0 Å². The van der Waals surface area contributed by atoms with Crippen molar-refractivity contribution < 1.29 is 14.3 Å². The van der Waals surface area contributed by atoms with Crippen molar-refractivity contribution >= 4 is 50.3 Å². The summed E-state index contributed by atoms with van der Waals surface area (Å²) in [5, 5.41) is 4.97. The molecule has 0 radical (unpaired) electrons. The molecule has 1 amide bonds. The van der Waals surface area contributed by atoms with E-state index in [1.165, 1.54) is 18.9 Å². The minimum Gasteiger partial charge on any atom is -0.467 e. The lowest BCUT2D eigenvalue weighted by Gasteiger charge is -2.18. The van der Waals surface area contributed by atoms with Crippen LogP contribution in [0.4, 0.5) is 0 Å². The van der Waals surface area contributed by atoms with Crippen LogP contribution in [-0.2, 0) is 9.53 Å². The first-order valence-electron chi connectivity index (χ1n) is 8.70. The third-order valence-electron chi connectivity index (χ3n) is 4.43. The summed E-state index contributed by atoms with van der Waals surface area (Å²) in [4.78, 5) is 25.0. The number of rotatable bonds is 6. The van der Waals surface area contributed by atoms with Crippen LogP contribution in [-0.4, -0.2) is 37.0 Å². The maximum Gasteiger partial charge on any atom is 0.329 e. The molecule has 0 aliphatic heterocycles. The van der Waals surface area contributed by atoms with Gasteiger partial charge in [-0.2, -0.15) is 11.8 Å². The summed E-state index contributed by atoms with van der Waals surface area (Å²) in [7, 11) is 1.32. The molecule has 1 atom stereocenters. The summed E-state index contributed by atoms with van der Waals surface area (Å²) in [6, 6.07) is 18.9. The van der Waals surface area contributed by atoms with Crippen LogP contribution in [0.15, 0.2) is 65.1 Å². The molecule has 6 heteroatoms. The van der Waals surface area contributed by atoms with E-state index in [4.69, 9.17) is 4.74 Å². The molecule has 0 aliphatic carbocycles. The lowest BCUT2D eigenvalue weighted by Crippen LogP contribution is -2.43. The molecule has 0 bridgehead atoms. The standard InChI is InChI=1S/C22H20BrNO3S/c1-27-22(26)20(13-28-2)24-21(25)18-11-10-15(23)12-19(18)17-9-5-7-14-6-3-4-8-16(14)17/h3-12,20H,13H2,1-2H3,(H,24,25). The van der Waals surface area contributed by atoms with Crippen LogP contribution in [0, 0.1) is 0 Å². The van der Waals surface area contributed by atoms with Crippen molar-refractivity contribution in [1.29, 1.82) is 0 Å². The molecule has 3 rings (SSSR count). The minimum absolute atomic E-state index is 0.306. The normalized spacial score (nSPS) is 11.8. The zero-order valence-electron chi connectivity index (χ0n) is 15.6. The zero-order valence-corrected chi connectivity index (χ0v) is 18.0. The highest BCUT2D eigenvalue weighted by Gasteiger charge is 2.23. The molecular formula is C22H20BrNO3S. The molecule has 0 aromatic heterocycles. The Balaban J connectivity index is 2.06. The monoisotopic (exact) mass is 457 g/mol. The van der Waals surface area contributed by atoms with E-state index in [-0.39, 0.29) is 5.91 Å². The molecule has 3 aromatic rings. The molecule has 0 saturated carbocycles. The third-order valence-corrected chi connectivity index (χ3v) is 5.59. The SMILES string of the molecule is COC(=O)C(CSC)NC(=O)c1ccc(Br)cc1-c1cccc2ccccc12. The molecule has 0 fully saturated rings. The first kappa shape index (κ1) is 20.4. The quantitative estimate of drug-likeness (QED) is 0.534. The minimum atomic E-state index is -0.698. The molecule has 0 heterocycles. The van der Waals surface area contributed by atoms with Gasteiger partial charge in [-0.3, -0.25) is 4.79 Å². The summed E-state index contributed by atoms with van der Waals surface area (Å²) < 4.78 is 5.69. The number of hydrogen-bond acceptors (Lipinski definition) is 4. The number of hydrogen-bond donors (Lipinski definition) is 1. The summed E-state index contributed by atoms with van der Waals surface area (Å²) in [5.74, 6) is -0.315. The number of esters is 1. The zero-order chi connectivity index (χ0) is 20.1. The summed E-state index contributed by atoms with van der Waals surface area (Å²) in [6.45, 7) is 0. The Labute approximate surface area is 176 Å². The van der Waals surface area contributed by atoms with Crippen LogP contribution in [0.3, 0.4) is 0 Å². The van der Waals surface area contributed by atoms with Crippen molar-refractivity contribution in [2.75, 3.05) is 19.1 Å². The van der Waals surface area contributed by atoms with Gasteiger partial charge in [0.2, 0.25) is 0 Å². The van der Waals surface area contributed by atoms with Crippen molar-refractivity contribution in [3.63, 3.8) is 0 Å². The molecule has 1 unspecified atom stereocenters. The van der Waals surface area contributed by atoms with E-state index in [0.29, 0.717) is 11.3 Å². The molecule has 3 aromatic carbocycles. The Morgan fingerprint density at radius 1 is 1.07 bits per heavy atom. The summed E-state index contributed by atoms with van der Waals surface area (Å²) in [5.41, 5.74) is 2.27. The van der Waals surface area contributed by atoms with E-state index in [2.05, 4.69) is 21.2 Å². The second-order valence-electron chi connectivity index (χ2n) is 6.22. The topological polar surface area (TPSA) is 55.4 Å². The highest BCUT2D eigenvalue weighted by atomic mass is 79.9. The van der Waals surface area contributed by atoms with Gasteiger partial charge in [0.1, 0.15) is 6.04 Å². The van der Waals surface area contributed by atoms with E-state index >= 15 is 0 Å². The Morgan fingerprint density at radius 3 is 2.57 bits per heavy atom. The lowest BCUT2D eigenvalue weighted by molar-refractivity contribution is -0.142. The fraction of sp³-hybridized carbons (Fsp3) is 0.182. The van der Waals surface area contributed by atoms with Gasteiger partial charge in [-0.05, 0) is 46.4 Å². The number of methoxy groups -OCH3 is 1. The lowest BCUT2D eigenvalue weighted by atomic mass is 9.94. The molecule has 0 aliphatic rings. The third kappa shape index (κ3) is 4.39. The molecular weight excluding hydrogens is 438 g/mol. The summed E-state index contributed by atoms with van der Waals surface area (Å²) >= 11 is 4.98. The largest absolute Gasteiger partial charge is 0.467 e. The van der Waals surface area contributed by atoms with Gasteiger partial charge in [0.05, 0.1) is 7.11 Å². The second-order valence-corrected chi connectivity index (χ2v) is 8.05. The van der Waals surface area contributed by atoms with Crippen LogP contribution in [0.1, 0.15) is 10.4 Å². The summed E-state index contributed by atoms with van der Waals surface area (Å²) in [6.07, 6.45) is 1.88. The molecule has 1 N–H and O–H groups in total. The molecule has 4 nitrogen and oxygen atoms in total. The smallest absolute Gasteiger partial charge is 0.329 e. The van der Waals surface area contributed by atoms with Gasteiger partial charge in [0, 0.05) is 15.8 Å². The van der Waals surface area contributed by atoms with Crippen LogP contribution >= 0.6 is 27.7 Å². The highest BCUT2D eigenvalue weighted by molar-refractivity contribution is 9.10. The van der Waals surface area contributed by atoms with Gasteiger partial charge in [-0.15, -0.1) is 0 Å². The Bertz CT molecular complexity index is 1020. The number of halogens is 1. The van der Waals surface area contributed by atoms with Crippen LogP contribution in [0.5, 0.6) is 0 Å². The van der Waals surface area contributed by atoms with E-state index in [1.807, 2.05) is 60.9 Å². The number of carbonyl (C=O) groups excluding carboxylic acids is 2. The number of ether oxygens (including phenoxy) is 1. The number of amides is 1. The predicted molar refractivity (Wildman–Crippen MR) is 119 cm³/mol. The van der Waals surface area contributed by atoms with E-state index in [9.17, 15) is 9.59 Å². The Morgan fingerprint density at radius 2 is 1.82 bits per heavy atom. The fourth-order valence-electron chi connectivity index (χ4n) is 3.11. The van der Waals surface area contributed by atoms with Gasteiger partial charge < -0.3 is 10.1 Å². The van der Waals surface area contributed by atoms with E-state index in [1.54, 1.807) is 6.07 Å². The van der Waals surface area contributed by atoms with Crippen molar-refractivity contribution in [3.05, 3.63) is 70.7 Å². The second kappa shape index (κ2) is 9.26. The Kier molecular flexibility index (Phi) is 6.75. The van der Waals surface area contributed by atoms with E-state index < -0.39 is 12.0 Å². The van der Waals surface area contributed by atoms with Gasteiger partial charge in [0.25, 0.3) is 5.91 Å². The fourth-order valence-corrected chi connectivity index (χ4v) is 4.02. The van der Waals surface area contributed by atoms with Crippen molar-refractivity contribution in [3.8, 4) is 11.1 Å². The number of benzene rings is 3. The van der Waals surface area contributed by atoms with Crippen molar-refractivity contribution in [1.82, 2.24) is 5.32 Å². The first-order chi connectivity index (χ1) is 13.5. The predicted octanol–water partition coefficient (Wildman–Crippen LogP) is 4.90. The van der Waals surface area contributed by atoms with Gasteiger partial charge >= 0.3 is 5.97 Å². The number of thioether (sulfide) groups is 1. The maximum atomic E-state index is 13.0. The van der Waals surface area contributed by atoms with Gasteiger partial charge in [-0.25, -0.2) is 4.79 Å². The van der Waals surface area contributed by atoms with Crippen molar-refractivity contribution in [2.24, 2.45) is 0 Å². The molecule has 28 heavy (non-hydrogen) atoms. The van der Waals surface area contributed by atoms with Crippen molar-refractivity contribution in [2.45, 2.75) is 6.04 Å². The van der Waals surface area contributed by atoms with E-state index in [0.717, 1.165) is 26.4 Å². The van der Waals surface area contributed by atoms with Gasteiger partial charge in [-0.1, -0.05) is 58.4 Å². The molecule has 144 valence electrons. The Hall–Kier alpha value is -2.31.